The van der Waals surface area contributed by atoms with Crippen LogP contribution >= 0.6 is 0 Å². The molecule has 0 saturated heterocycles. The van der Waals surface area contributed by atoms with Gasteiger partial charge in [-0.25, -0.2) is 17.2 Å². The van der Waals surface area contributed by atoms with Gasteiger partial charge in [0.15, 0.2) is 9.84 Å². The molecule has 2 aromatic carbocycles. The van der Waals surface area contributed by atoms with Gasteiger partial charge in [0.25, 0.3) is 0 Å². The number of benzene rings is 2. The van der Waals surface area contributed by atoms with Crippen LogP contribution < -0.4 is 5.73 Å². The average Bonchev–Trinajstić information content (AvgIpc) is 2.33. The van der Waals surface area contributed by atoms with Crippen LogP contribution in [0.15, 0.2) is 41.3 Å². The van der Waals surface area contributed by atoms with Crippen LogP contribution in [0, 0.1) is 18.6 Å². The Balaban J connectivity index is 2.43. The van der Waals surface area contributed by atoms with Crippen LogP contribution in [0.5, 0.6) is 0 Å². The fraction of sp³-hybridized carbons (Fsp3) is 0.143. The quantitative estimate of drug-likeness (QED) is 0.886. The Morgan fingerprint density at radius 3 is 2.45 bits per heavy atom. The van der Waals surface area contributed by atoms with Crippen molar-refractivity contribution in [3.8, 4) is 0 Å². The summed E-state index contributed by atoms with van der Waals surface area (Å²) in [6, 6.07) is 7.21. The molecule has 0 aliphatic rings. The number of hydrogen-bond acceptors (Lipinski definition) is 3. The molecule has 0 unspecified atom stereocenters. The Labute approximate surface area is 116 Å². The van der Waals surface area contributed by atoms with Gasteiger partial charge in [-0.2, -0.15) is 0 Å². The molecule has 20 heavy (non-hydrogen) atoms. The molecule has 0 fully saturated rings. The molecule has 106 valence electrons. The van der Waals surface area contributed by atoms with E-state index in [1.54, 1.807) is 13.0 Å². The molecule has 2 N–H and O–H groups in total. The van der Waals surface area contributed by atoms with Crippen molar-refractivity contribution in [1.82, 2.24) is 0 Å². The zero-order valence-corrected chi connectivity index (χ0v) is 11.5. The highest BCUT2D eigenvalue weighted by Crippen LogP contribution is 2.24. The van der Waals surface area contributed by atoms with Crippen molar-refractivity contribution in [1.29, 1.82) is 0 Å². The van der Waals surface area contributed by atoms with Crippen LogP contribution in [-0.4, -0.2) is 8.42 Å². The minimum atomic E-state index is -3.83. The molecule has 0 saturated carbocycles. The van der Waals surface area contributed by atoms with Crippen molar-refractivity contribution in [2.24, 2.45) is 0 Å². The Kier molecular flexibility index (Phi) is 3.76. The molecule has 3 nitrogen and oxygen atoms in total. The minimum Gasteiger partial charge on any atom is -0.398 e. The van der Waals surface area contributed by atoms with E-state index in [1.165, 1.54) is 12.1 Å². The maximum Gasteiger partial charge on any atom is 0.184 e. The second-order valence-electron chi connectivity index (χ2n) is 4.54. The third-order valence-corrected chi connectivity index (χ3v) is 4.59. The van der Waals surface area contributed by atoms with Crippen LogP contribution in [0.25, 0.3) is 0 Å². The Morgan fingerprint density at radius 2 is 1.80 bits per heavy atom. The topological polar surface area (TPSA) is 60.2 Å². The number of hydrogen-bond donors (Lipinski definition) is 1. The third-order valence-electron chi connectivity index (χ3n) is 2.85. The van der Waals surface area contributed by atoms with Gasteiger partial charge in [0.05, 0.1) is 16.3 Å². The molecule has 0 aromatic heterocycles. The van der Waals surface area contributed by atoms with E-state index in [0.717, 1.165) is 23.8 Å². The van der Waals surface area contributed by atoms with Gasteiger partial charge in [-0.05, 0) is 42.8 Å². The van der Waals surface area contributed by atoms with Gasteiger partial charge in [-0.3, -0.25) is 0 Å². The van der Waals surface area contributed by atoms with Crippen molar-refractivity contribution in [3.05, 3.63) is 59.2 Å². The highest BCUT2D eigenvalue weighted by atomic mass is 32.2. The lowest BCUT2D eigenvalue weighted by Crippen LogP contribution is -2.09. The predicted octanol–water partition coefficient (Wildman–Crippen LogP) is 2.83. The molecule has 0 radical (unpaired) electrons. The summed E-state index contributed by atoms with van der Waals surface area (Å²) >= 11 is 0. The lowest BCUT2D eigenvalue weighted by atomic mass is 10.2. The Hall–Kier alpha value is -1.95. The van der Waals surface area contributed by atoms with Crippen LogP contribution in [0.1, 0.15) is 11.1 Å². The second-order valence-corrected chi connectivity index (χ2v) is 6.49. The van der Waals surface area contributed by atoms with Crippen LogP contribution in [0.2, 0.25) is 0 Å². The summed E-state index contributed by atoms with van der Waals surface area (Å²) in [5, 5.41) is 0. The van der Waals surface area contributed by atoms with Crippen molar-refractivity contribution >= 4 is 15.5 Å². The molecular weight excluding hydrogens is 284 g/mol. The van der Waals surface area contributed by atoms with E-state index in [-0.39, 0.29) is 16.1 Å². The zero-order valence-electron chi connectivity index (χ0n) is 10.7. The van der Waals surface area contributed by atoms with E-state index in [1.807, 2.05) is 0 Å². The molecule has 0 spiro atoms. The largest absolute Gasteiger partial charge is 0.398 e. The molecule has 0 atom stereocenters. The van der Waals surface area contributed by atoms with Crippen molar-refractivity contribution in [2.75, 3.05) is 5.73 Å². The summed E-state index contributed by atoms with van der Waals surface area (Å²) < 4.78 is 51.0. The number of anilines is 1. The Morgan fingerprint density at radius 1 is 1.10 bits per heavy atom. The van der Waals surface area contributed by atoms with Gasteiger partial charge < -0.3 is 5.73 Å². The smallest absolute Gasteiger partial charge is 0.184 e. The molecule has 0 bridgehead atoms. The highest BCUT2D eigenvalue weighted by Gasteiger charge is 2.20. The van der Waals surface area contributed by atoms with Gasteiger partial charge in [0, 0.05) is 5.56 Å². The number of halogens is 2. The first kappa shape index (κ1) is 14.5. The summed E-state index contributed by atoms with van der Waals surface area (Å²) in [5.74, 6) is -2.08. The lowest BCUT2D eigenvalue weighted by molar-refractivity contribution is 0.579. The second kappa shape index (κ2) is 5.20. The first-order chi connectivity index (χ1) is 9.29. The van der Waals surface area contributed by atoms with Gasteiger partial charge in [0.2, 0.25) is 0 Å². The van der Waals surface area contributed by atoms with E-state index in [4.69, 9.17) is 5.73 Å². The van der Waals surface area contributed by atoms with Crippen molar-refractivity contribution in [3.63, 3.8) is 0 Å². The normalized spacial score (nSPS) is 11.6. The molecule has 0 amide bonds. The SMILES string of the molecule is Cc1ccc(S(=O)(=O)Cc2cc(F)ccc2F)c(N)c1. The van der Waals surface area contributed by atoms with Crippen LogP contribution in [0.3, 0.4) is 0 Å². The standard InChI is InChI=1S/C14H13F2NO2S/c1-9-2-5-14(13(17)6-9)20(18,19)8-10-7-11(15)3-4-12(10)16/h2-7H,8,17H2,1H3. The number of sulfone groups is 1. The van der Waals surface area contributed by atoms with Gasteiger partial charge in [-0.15, -0.1) is 0 Å². The van der Waals surface area contributed by atoms with E-state index >= 15 is 0 Å². The monoisotopic (exact) mass is 297 g/mol. The fourth-order valence-electron chi connectivity index (χ4n) is 1.89. The highest BCUT2D eigenvalue weighted by molar-refractivity contribution is 7.90. The molecule has 0 aliphatic heterocycles. The van der Waals surface area contributed by atoms with E-state index in [9.17, 15) is 17.2 Å². The lowest BCUT2D eigenvalue weighted by Gasteiger charge is -2.09. The van der Waals surface area contributed by atoms with Gasteiger partial charge in [0.1, 0.15) is 11.6 Å². The average molecular weight is 297 g/mol. The predicted molar refractivity (Wildman–Crippen MR) is 72.8 cm³/mol. The summed E-state index contributed by atoms with van der Waals surface area (Å²) in [6.07, 6.45) is 0. The Bertz CT molecular complexity index is 758. The van der Waals surface area contributed by atoms with Gasteiger partial charge in [-0.1, -0.05) is 6.07 Å². The summed E-state index contributed by atoms with van der Waals surface area (Å²) in [7, 11) is -3.83. The first-order valence-corrected chi connectivity index (χ1v) is 7.47. The summed E-state index contributed by atoms with van der Waals surface area (Å²) in [4.78, 5) is -0.0771. The first-order valence-electron chi connectivity index (χ1n) is 5.82. The van der Waals surface area contributed by atoms with Crippen LogP contribution in [0.4, 0.5) is 14.5 Å². The number of nitrogens with two attached hydrogens (primary N) is 1. The number of aryl methyl sites for hydroxylation is 1. The van der Waals surface area contributed by atoms with Gasteiger partial charge >= 0.3 is 0 Å². The number of rotatable bonds is 3. The van der Waals surface area contributed by atoms with Crippen molar-refractivity contribution in [2.45, 2.75) is 17.6 Å². The molecule has 6 heteroatoms. The van der Waals surface area contributed by atoms with Crippen molar-refractivity contribution < 1.29 is 17.2 Å². The van der Waals surface area contributed by atoms with E-state index < -0.39 is 27.2 Å². The summed E-state index contributed by atoms with van der Waals surface area (Å²) in [5.41, 5.74) is 6.38. The molecule has 2 aromatic rings. The third kappa shape index (κ3) is 2.96. The fourth-order valence-corrected chi connectivity index (χ4v) is 3.37. The molecular formula is C14H13F2NO2S. The van der Waals surface area contributed by atoms with E-state index in [0.29, 0.717) is 0 Å². The molecule has 0 heterocycles. The minimum absolute atomic E-state index is 0.0771. The van der Waals surface area contributed by atoms with Crippen LogP contribution in [-0.2, 0) is 15.6 Å². The summed E-state index contributed by atoms with van der Waals surface area (Å²) in [6.45, 7) is 1.78. The molecule has 0 aliphatic carbocycles. The maximum absolute atomic E-state index is 13.5. The zero-order chi connectivity index (χ0) is 14.9. The van der Waals surface area contributed by atoms with E-state index in [2.05, 4.69) is 0 Å². The number of nitrogen functional groups attached to an aromatic ring is 1. The molecule has 2 rings (SSSR count). The maximum atomic E-state index is 13.5.